The smallest absolute Gasteiger partial charge is 0.419 e. The third-order valence-corrected chi connectivity index (χ3v) is 11.9. The Kier molecular flexibility index (Phi) is 12.1. The first-order valence-electron chi connectivity index (χ1n) is 19.6. The minimum Gasteiger partial charge on any atom is -0.492 e. The molecule has 14 nitrogen and oxygen atoms in total. The quantitative estimate of drug-likeness (QED) is 0.145. The highest BCUT2D eigenvalue weighted by atomic mass is 32.1. The van der Waals surface area contributed by atoms with E-state index in [4.69, 9.17) is 17.4 Å². The molecular weight excluding hydrogens is 788 g/mol. The lowest BCUT2D eigenvalue weighted by atomic mass is 9.79. The van der Waals surface area contributed by atoms with E-state index in [-0.39, 0.29) is 42.3 Å². The van der Waals surface area contributed by atoms with Gasteiger partial charge in [0.2, 0.25) is 17.7 Å². The van der Waals surface area contributed by atoms with Gasteiger partial charge in [-0.25, -0.2) is 4.98 Å². The summed E-state index contributed by atoms with van der Waals surface area (Å²) in [7, 11) is 0. The molecule has 1 aromatic heterocycles. The van der Waals surface area contributed by atoms with Crippen molar-refractivity contribution >= 4 is 59.0 Å². The maximum absolute atomic E-state index is 13.8. The van der Waals surface area contributed by atoms with E-state index in [1.165, 1.54) is 11.0 Å². The molecule has 1 aliphatic carbocycles. The van der Waals surface area contributed by atoms with Crippen LogP contribution in [-0.4, -0.2) is 101 Å². The third-order valence-electron chi connectivity index (χ3n) is 11.4. The number of nitrogens with zero attached hydrogens (tertiary/aromatic N) is 6. The largest absolute Gasteiger partial charge is 0.492 e. The zero-order chi connectivity index (χ0) is 42.1. The van der Waals surface area contributed by atoms with Crippen molar-refractivity contribution in [3.63, 3.8) is 0 Å². The molecule has 3 saturated heterocycles. The second kappa shape index (κ2) is 17.1. The molecule has 312 valence electrons. The molecule has 4 aliphatic rings. The number of rotatable bonds is 12. The Bertz CT molecular complexity index is 2150. The summed E-state index contributed by atoms with van der Waals surface area (Å²) in [5, 5.41) is 17.6. The number of piperazine rings is 1. The van der Waals surface area contributed by atoms with Crippen LogP contribution in [0, 0.1) is 11.3 Å². The summed E-state index contributed by atoms with van der Waals surface area (Å²) in [6, 6.07) is 14.6. The number of hydrogen-bond acceptors (Lipinski definition) is 12. The number of aromatic nitrogens is 1. The molecule has 3 N–H and O–H groups in total. The van der Waals surface area contributed by atoms with Crippen molar-refractivity contribution in [1.82, 2.24) is 20.1 Å². The van der Waals surface area contributed by atoms with Crippen LogP contribution < -0.4 is 30.5 Å². The predicted octanol–water partition coefficient (Wildman–Crippen LogP) is 4.94. The zero-order valence-electron chi connectivity index (χ0n) is 32.7. The number of alkyl halides is 3. The van der Waals surface area contributed by atoms with Gasteiger partial charge in [-0.05, 0) is 87.1 Å². The van der Waals surface area contributed by atoms with Crippen LogP contribution in [0.3, 0.4) is 0 Å². The van der Waals surface area contributed by atoms with E-state index in [2.05, 4.69) is 30.7 Å². The summed E-state index contributed by atoms with van der Waals surface area (Å²) in [6.45, 7) is 7.67. The summed E-state index contributed by atoms with van der Waals surface area (Å²) < 4.78 is 47.8. The number of thiol groups is 1. The molecule has 59 heavy (non-hydrogen) atoms. The maximum atomic E-state index is 13.8. The second-order valence-electron chi connectivity index (χ2n) is 15.7. The van der Waals surface area contributed by atoms with Crippen LogP contribution >= 0.6 is 12.6 Å². The van der Waals surface area contributed by atoms with Crippen LogP contribution in [0.25, 0.3) is 0 Å². The summed E-state index contributed by atoms with van der Waals surface area (Å²) in [6.07, 6.45) is -0.0343. The molecule has 3 aliphatic heterocycles. The number of amides is 4. The minimum absolute atomic E-state index is 0.107. The molecule has 18 heteroatoms. The van der Waals surface area contributed by atoms with Gasteiger partial charge in [-0.3, -0.25) is 39.2 Å². The lowest BCUT2D eigenvalue weighted by Crippen LogP contribution is -2.49. The Morgan fingerprint density at radius 3 is 2.42 bits per heavy atom. The number of carbonyl (C=O) groups excluding carboxylic acids is 4. The van der Waals surface area contributed by atoms with Gasteiger partial charge in [0.1, 0.15) is 30.0 Å². The first-order chi connectivity index (χ1) is 28.1. The van der Waals surface area contributed by atoms with Crippen LogP contribution in [0.1, 0.15) is 68.7 Å². The van der Waals surface area contributed by atoms with Gasteiger partial charge in [-0.1, -0.05) is 12.5 Å². The fourth-order valence-electron chi connectivity index (χ4n) is 7.94. The number of pyridine rings is 1. The highest BCUT2D eigenvalue weighted by Gasteiger charge is 2.52. The van der Waals surface area contributed by atoms with Crippen molar-refractivity contribution < 1.29 is 37.1 Å². The number of carbonyl (C=O) groups is 4. The molecule has 0 bridgehead atoms. The molecule has 2 unspecified atom stereocenters. The molecule has 0 radical (unpaired) electrons. The van der Waals surface area contributed by atoms with Crippen molar-refractivity contribution in [2.24, 2.45) is 0 Å². The molecule has 1 saturated carbocycles. The molecular formula is C41H46F3N9O5S. The highest BCUT2D eigenvalue weighted by molar-refractivity contribution is 7.81. The van der Waals surface area contributed by atoms with Crippen molar-refractivity contribution in [2.75, 3.05) is 66.3 Å². The molecule has 4 fully saturated rings. The molecule has 2 atom stereocenters. The molecule has 7 rings (SSSR count). The summed E-state index contributed by atoms with van der Waals surface area (Å²) >= 11 is 4.75. The van der Waals surface area contributed by atoms with Gasteiger partial charge >= 0.3 is 6.18 Å². The number of hydrogen-bond donors (Lipinski definition) is 4. The number of benzene rings is 2. The molecule has 0 spiro atoms. The van der Waals surface area contributed by atoms with Crippen LogP contribution in [0.15, 0.2) is 54.7 Å². The lowest BCUT2D eigenvalue weighted by Gasteiger charge is -2.36. The Balaban J connectivity index is 0.926. The molecule has 3 aromatic rings. The molecule has 4 amide bonds. The van der Waals surface area contributed by atoms with Crippen molar-refractivity contribution in [2.45, 2.75) is 75.1 Å². The lowest BCUT2D eigenvalue weighted by molar-refractivity contribution is -0.138. The topological polar surface area (TPSA) is 163 Å². The van der Waals surface area contributed by atoms with Crippen LogP contribution in [0.4, 0.5) is 35.9 Å². The normalized spacial score (nSPS) is 21.5. The Labute approximate surface area is 345 Å². The summed E-state index contributed by atoms with van der Waals surface area (Å²) in [5.41, 5.74) is -1.29. The van der Waals surface area contributed by atoms with E-state index < -0.39 is 40.4 Å². The zero-order valence-corrected chi connectivity index (χ0v) is 33.6. The Hall–Kier alpha value is -5.38. The number of nitriles is 1. The van der Waals surface area contributed by atoms with Gasteiger partial charge < -0.3 is 20.3 Å². The number of imide groups is 1. The average Bonchev–Trinajstić information content (AvgIpc) is 3.34. The van der Waals surface area contributed by atoms with Crippen molar-refractivity contribution in [1.29, 1.82) is 5.26 Å². The van der Waals surface area contributed by atoms with Gasteiger partial charge in [0.15, 0.2) is 11.2 Å². The average molecular weight is 834 g/mol. The van der Waals surface area contributed by atoms with Crippen LogP contribution in [0.2, 0.25) is 0 Å². The highest BCUT2D eigenvalue weighted by Crippen LogP contribution is 2.46. The van der Waals surface area contributed by atoms with E-state index in [1.807, 2.05) is 18.2 Å². The fourth-order valence-corrected chi connectivity index (χ4v) is 8.60. The molecule has 2 aromatic carbocycles. The number of halogens is 3. The predicted molar refractivity (Wildman–Crippen MR) is 217 cm³/mol. The summed E-state index contributed by atoms with van der Waals surface area (Å²) in [4.78, 5) is 61.4. The Morgan fingerprint density at radius 2 is 1.75 bits per heavy atom. The minimum atomic E-state index is -4.84. The first-order valence-corrected chi connectivity index (χ1v) is 20.1. The van der Waals surface area contributed by atoms with E-state index in [0.717, 1.165) is 55.9 Å². The second-order valence-corrected chi connectivity index (χ2v) is 16.2. The van der Waals surface area contributed by atoms with E-state index >= 15 is 0 Å². The van der Waals surface area contributed by atoms with Crippen molar-refractivity contribution in [3.05, 3.63) is 71.5 Å². The monoisotopic (exact) mass is 833 g/mol. The van der Waals surface area contributed by atoms with Gasteiger partial charge in [0.05, 0.1) is 24.0 Å². The van der Waals surface area contributed by atoms with E-state index in [1.54, 1.807) is 43.0 Å². The third kappa shape index (κ3) is 9.12. The van der Waals surface area contributed by atoms with E-state index in [9.17, 15) is 37.6 Å². The first kappa shape index (κ1) is 41.8. The summed E-state index contributed by atoms with van der Waals surface area (Å²) in [5.74, 6) is -0.252. The standard InChI is InChI=1S/C41H46F3N9O5S/c1-40(2)38(57)52(29-21-31(41(42,43)44)33(22-45)46-23-29)39(59)53(40)28-9-11-34(30(20-28)25-5-3-6-25)58-18-17-50-13-15-51(16-14-50)24-36(55)48-27-8-4-7-26(19-27)47-32-10-12-35(54)49-37(32)56/h4,7-9,11,19-21,23,25,32,39,47,59H,3,5-6,10,12-18,24H2,1-2H3,(H,48,55)(H,49,54,56). The molecule has 4 heterocycles. The van der Waals surface area contributed by atoms with Crippen LogP contribution in [0.5, 0.6) is 5.75 Å². The Morgan fingerprint density at radius 1 is 1.02 bits per heavy atom. The van der Waals surface area contributed by atoms with E-state index in [0.29, 0.717) is 49.7 Å². The van der Waals surface area contributed by atoms with Crippen molar-refractivity contribution in [3.8, 4) is 11.8 Å². The van der Waals surface area contributed by atoms with Crippen LogP contribution in [-0.2, 0) is 25.4 Å². The van der Waals surface area contributed by atoms with Gasteiger partial charge in [0.25, 0.3) is 5.91 Å². The number of nitrogens with one attached hydrogen (secondary N) is 3. The van der Waals surface area contributed by atoms with Gasteiger partial charge in [-0.15, -0.1) is 12.6 Å². The van der Waals surface area contributed by atoms with Gasteiger partial charge in [-0.2, -0.15) is 18.4 Å². The number of anilines is 4. The number of ether oxygens (including phenoxy) is 1. The maximum Gasteiger partial charge on any atom is 0.419 e. The fraction of sp³-hybridized carbons (Fsp3) is 0.463. The van der Waals surface area contributed by atoms with Gasteiger partial charge in [0, 0.05) is 56.2 Å². The number of piperidine rings is 1. The SMILES string of the molecule is CC1(C)C(=O)N(c2cnc(C#N)c(C(F)(F)F)c2)C(S)N1c1ccc(OCCN2CCN(CC(=O)Nc3cccc(NC4CCC(=O)NC4=O)c3)CC2)c(C2CCC2)c1.